The molecule has 0 unspecified atom stereocenters. The summed E-state index contributed by atoms with van der Waals surface area (Å²) in [4.78, 5) is 0. The molecule has 0 heterocycles. The van der Waals surface area contributed by atoms with E-state index in [2.05, 4.69) is 0 Å². The molecule has 44 valence electrons. The largest absolute Gasteiger partial charge is 0.329 e. The Morgan fingerprint density at radius 3 is 2.00 bits per heavy atom. The van der Waals surface area contributed by atoms with Crippen molar-refractivity contribution in [2.75, 3.05) is 12.3 Å². The van der Waals surface area contributed by atoms with Gasteiger partial charge in [-0.3, -0.25) is 4.55 Å². The van der Waals surface area contributed by atoms with Crippen LogP contribution in [0.3, 0.4) is 0 Å². The lowest BCUT2D eigenvalue weighted by atomic mass is 11.1. The summed E-state index contributed by atoms with van der Waals surface area (Å²) in [5, 5.41) is 0. The van der Waals surface area contributed by atoms with Crippen molar-refractivity contribution in [2.45, 2.75) is 0 Å². The first-order valence-electron chi connectivity index (χ1n) is 1.71. The van der Waals surface area contributed by atoms with Crippen molar-refractivity contribution in [1.82, 2.24) is 0 Å². The lowest BCUT2D eigenvalue weighted by Crippen LogP contribution is -2.13. The Morgan fingerprint density at radius 2 is 2.00 bits per heavy atom. The fourth-order valence-corrected chi connectivity index (χ4v) is 0.447. The van der Waals surface area contributed by atoms with E-state index < -0.39 is 10.1 Å². The molecule has 0 aromatic carbocycles. The third-order valence-corrected chi connectivity index (χ3v) is 1.13. The molecule has 0 aliphatic heterocycles. The van der Waals surface area contributed by atoms with E-state index in [9.17, 15) is 8.42 Å². The second-order valence-corrected chi connectivity index (χ2v) is 2.65. The van der Waals surface area contributed by atoms with E-state index in [0.29, 0.717) is 0 Å². The Labute approximate surface area is 42.1 Å². The first kappa shape index (κ1) is 6.87. The van der Waals surface area contributed by atoms with E-state index in [1.807, 2.05) is 0 Å². The minimum atomic E-state index is -3.80. The van der Waals surface area contributed by atoms with Gasteiger partial charge in [-0.15, -0.1) is 0 Å². The molecular formula is C2H7NO3S. The lowest BCUT2D eigenvalue weighted by Gasteiger charge is -1.86. The second kappa shape index (κ2) is 2.25. The van der Waals surface area contributed by atoms with Gasteiger partial charge in [0.25, 0.3) is 10.1 Å². The van der Waals surface area contributed by atoms with Crippen LogP contribution in [0.5, 0.6) is 0 Å². The molecule has 0 saturated carbocycles. The van der Waals surface area contributed by atoms with Crippen molar-refractivity contribution in [3.05, 3.63) is 0 Å². The molecule has 0 aromatic rings. The van der Waals surface area contributed by atoms with Crippen LogP contribution in [0.25, 0.3) is 0 Å². The molecule has 7 heavy (non-hydrogen) atoms. The Kier molecular flexibility index (Phi) is 2.21. The van der Waals surface area contributed by atoms with Crippen LogP contribution in [0.1, 0.15) is 0 Å². The predicted octanol–water partition coefficient (Wildman–Crippen LogP) is -1.17. The summed E-state index contributed by atoms with van der Waals surface area (Å²) in [7, 11) is -3.80. The molecule has 0 aliphatic carbocycles. The van der Waals surface area contributed by atoms with E-state index in [1.54, 1.807) is 0 Å². The van der Waals surface area contributed by atoms with Crippen molar-refractivity contribution in [3.8, 4) is 0 Å². The van der Waals surface area contributed by atoms with Gasteiger partial charge in [-0.25, -0.2) is 0 Å². The fourth-order valence-electron chi connectivity index (χ4n) is 0.149. The highest BCUT2D eigenvalue weighted by Gasteiger charge is 1.98. The van der Waals surface area contributed by atoms with E-state index in [4.69, 9.17) is 10.3 Å². The van der Waals surface area contributed by atoms with Gasteiger partial charge >= 0.3 is 0 Å². The quantitative estimate of drug-likeness (QED) is 0.361. The van der Waals surface area contributed by atoms with Gasteiger partial charge in [-0.2, -0.15) is 8.42 Å². The van der Waals surface area contributed by atoms with Crippen LogP contribution >= 0.6 is 0 Å². The molecular weight excluding hydrogens is 119 g/mol. The van der Waals surface area contributed by atoms with Gasteiger partial charge in [0, 0.05) is 6.54 Å². The molecule has 0 atom stereocenters. The Morgan fingerprint density at radius 1 is 1.57 bits per heavy atom. The summed E-state index contributed by atoms with van der Waals surface area (Å²) >= 11 is 0. The maximum Gasteiger partial charge on any atom is 0.266 e. The zero-order valence-corrected chi connectivity index (χ0v) is 4.48. The number of hydrogen-bond acceptors (Lipinski definition) is 3. The van der Waals surface area contributed by atoms with Crippen LogP contribution in [0.15, 0.2) is 0 Å². The van der Waals surface area contributed by atoms with Crippen LogP contribution in [-0.4, -0.2) is 25.3 Å². The average Bonchev–Trinajstić information content (AvgIpc) is 1.30. The van der Waals surface area contributed by atoms with Crippen molar-refractivity contribution >= 4 is 10.1 Å². The predicted molar refractivity (Wildman–Crippen MR) is 25.5 cm³/mol. The molecule has 5 heteroatoms. The monoisotopic (exact) mass is 126 g/mol. The molecule has 0 aliphatic rings. The topological polar surface area (TPSA) is 80.4 Å². The maximum atomic E-state index is 9.71. The lowest BCUT2D eigenvalue weighted by molar-refractivity contribution is 0.483. The van der Waals surface area contributed by atoms with Gasteiger partial charge in [0.2, 0.25) is 0 Å². The molecule has 0 fully saturated rings. The number of rotatable bonds is 2. The van der Waals surface area contributed by atoms with Crippen LogP contribution in [0.2, 0.25) is 0 Å². The van der Waals surface area contributed by atoms with Gasteiger partial charge in [0.05, 0.1) is 5.75 Å². The minimum absolute atomic E-state index is 0.0289. The van der Waals surface area contributed by atoms with Gasteiger partial charge in [-0.1, -0.05) is 0 Å². The summed E-state index contributed by atoms with van der Waals surface area (Å²) in [6, 6.07) is 0. The van der Waals surface area contributed by atoms with E-state index in [0.717, 1.165) is 0 Å². The summed E-state index contributed by atoms with van der Waals surface area (Å²) in [6.07, 6.45) is 0. The molecule has 0 rings (SSSR count). The van der Waals surface area contributed by atoms with Gasteiger partial charge in [0.15, 0.2) is 0 Å². The van der Waals surface area contributed by atoms with E-state index in [1.165, 1.54) is 0 Å². The molecule has 3 N–H and O–H groups in total. The smallest absolute Gasteiger partial charge is 0.266 e. The van der Waals surface area contributed by atoms with Crippen molar-refractivity contribution in [2.24, 2.45) is 5.73 Å². The highest BCUT2D eigenvalue weighted by atomic mass is 32.2. The summed E-state index contributed by atoms with van der Waals surface area (Å²) < 4.78 is 27.3. The Hall–Kier alpha value is -0.130. The van der Waals surface area contributed by atoms with Crippen molar-refractivity contribution in [3.63, 3.8) is 0 Å². The SMILES string of the molecule is NC[13CH2]S(=O)(=O)O. The normalized spacial score (nSPS) is 11.7. The van der Waals surface area contributed by atoms with Gasteiger partial charge in [-0.05, 0) is 0 Å². The van der Waals surface area contributed by atoms with Gasteiger partial charge < -0.3 is 5.73 Å². The van der Waals surface area contributed by atoms with E-state index in [-0.39, 0.29) is 12.3 Å². The second-order valence-electron chi connectivity index (χ2n) is 1.07. The van der Waals surface area contributed by atoms with Crippen LogP contribution < -0.4 is 5.73 Å². The summed E-state index contributed by atoms with van der Waals surface area (Å²) in [5.41, 5.74) is 4.78. The number of hydrogen-bond donors (Lipinski definition) is 2. The number of nitrogens with two attached hydrogens (primary N) is 1. The third-order valence-electron chi connectivity index (χ3n) is 0.376. The minimum Gasteiger partial charge on any atom is -0.329 e. The molecule has 4 nitrogen and oxygen atoms in total. The zero-order chi connectivity index (χ0) is 5.91. The third kappa shape index (κ3) is 5.87. The maximum absolute atomic E-state index is 9.71. The first-order chi connectivity index (χ1) is 3.06. The Balaban J connectivity index is 3.60. The van der Waals surface area contributed by atoms with Crippen molar-refractivity contribution in [1.29, 1.82) is 0 Å². The standard InChI is InChI=1S/C2H7NO3S/c3-1-2-7(4,5)6/h1-3H2,(H,4,5,6)/i2+1. The van der Waals surface area contributed by atoms with Crippen LogP contribution in [0.4, 0.5) is 0 Å². The van der Waals surface area contributed by atoms with Crippen molar-refractivity contribution < 1.29 is 13.0 Å². The molecule has 0 bridgehead atoms. The van der Waals surface area contributed by atoms with E-state index >= 15 is 0 Å². The summed E-state index contributed by atoms with van der Waals surface area (Å²) in [5.74, 6) is -0.354. The molecule has 0 aromatic heterocycles. The first-order valence-corrected chi connectivity index (χ1v) is 3.32. The highest BCUT2D eigenvalue weighted by Crippen LogP contribution is 1.74. The Bertz CT molecular complexity index is 126. The zero-order valence-electron chi connectivity index (χ0n) is 3.66. The molecule has 0 amide bonds. The average molecular weight is 126 g/mol. The van der Waals surface area contributed by atoms with Gasteiger partial charge in [0.1, 0.15) is 0 Å². The summed E-state index contributed by atoms with van der Waals surface area (Å²) in [6.45, 7) is -0.0289. The molecule has 0 radical (unpaired) electrons. The molecule has 0 spiro atoms. The fraction of sp³-hybridized carbons (Fsp3) is 1.00. The molecule has 0 saturated heterocycles. The van der Waals surface area contributed by atoms with Crippen LogP contribution in [-0.2, 0) is 10.1 Å². The van der Waals surface area contributed by atoms with Crippen LogP contribution in [0, 0.1) is 0 Å². The highest BCUT2D eigenvalue weighted by molar-refractivity contribution is 7.85.